The Morgan fingerprint density at radius 1 is 0.941 bits per heavy atom. The van der Waals surface area contributed by atoms with E-state index in [0.29, 0.717) is 32.1 Å². The number of hydrogen-bond donors (Lipinski definition) is 1. The van der Waals surface area contributed by atoms with Crippen LogP contribution >= 0.6 is 0 Å². The van der Waals surface area contributed by atoms with Crippen LogP contribution in [0.1, 0.15) is 18.5 Å². The number of nitrogens with zero attached hydrogens (tertiary/aromatic N) is 1. The Bertz CT molecular complexity index is 1190. The first-order valence-corrected chi connectivity index (χ1v) is 12.6. The number of ether oxygens (including phenoxy) is 2. The number of carbonyl (C=O) groups excluding carboxylic acids is 1. The summed E-state index contributed by atoms with van der Waals surface area (Å²) in [5, 5.41) is 2.93. The number of rotatable bonds is 8. The van der Waals surface area contributed by atoms with Crippen LogP contribution in [0.4, 0.5) is 0 Å². The summed E-state index contributed by atoms with van der Waals surface area (Å²) in [7, 11) is -3.56. The lowest BCUT2D eigenvalue weighted by Crippen LogP contribution is -2.40. The highest BCUT2D eigenvalue weighted by Gasteiger charge is 2.26. The molecule has 178 valence electrons. The summed E-state index contributed by atoms with van der Waals surface area (Å²) in [6, 6.07) is 24.1. The van der Waals surface area contributed by atoms with Gasteiger partial charge < -0.3 is 14.8 Å². The lowest BCUT2D eigenvalue weighted by molar-refractivity contribution is -0.123. The van der Waals surface area contributed by atoms with Crippen LogP contribution in [-0.2, 0) is 19.6 Å². The maximum atomic E-state index is 12.7. The first-order chi connectivity index (χ1) is 16.4. The van der Waals surface area contributed by atoms with Gasteiger partial charge in [-0.15, -0.1) is 0 Å². The van der Waals surface area contributed by atoms with E-state index in [9.17, 15) is 13.2 Å². The van der Waals surface area contributed by atoms with Gasteiger partial charge >= 0.3 is 0 Å². The smallest absolute Gasteiger partial charge is 0.258 e. The molecule has 8 heteroatoms. The molecule has 0 aromatic heterocycles. The Balaban J connectivity index is 1.29. The van der Waals surface area contributed by atoms with Crippen LogP contribution < -0.4 is 10.1 Å². The fraction of sp³-hybridized carbons (Fsp3) is 0.269. The van der Waals surface area contributed by atoms with Crippen molar-refractivity contribution in [2.45, 2.75) is 17.9 Å². The van der Waals surface area contributed by atoms with Gasteiger partial charge in [-0.2, -0.15) is 4.31 Å². The predicted molar refractivity (Wildman–Crippen MR) is 130 cm³/mol. The fourth-order valence-electron chi connectivity index (χ4n) is 3.75. The largest absolute Gasteiger partial charge is 0.484 e. The SMILES string of the molecule is C[C@H](NC(=O)COc1ccc(S(=O)(=O)N2CCOCC2)cc1)c1ccc(-c2ccccc2)cc1. The third-order valence-electron chi connectivity index (χ3n) is 5.70. The molecule has 1 fully saturated rings. The molecule has 0 aliphatic carbocycles. The second-order valence-electron chi connectivity index (χ2n) is 8.05. The van der Waals surface area contributed by atoms with Crippen molar-refractivity contribution in [2.24, 2.45) is 0 Å². The van der Waals surface area contributed by atoms with Gasteiger partial charge in [-0.25, -0.2) is 8.42 Å². The molecule has 0 unspecified atom stereocenters. The van der Waals surface area contributed by atoms with Gasteiger partial charge in [-0.3, -0.25) is 4.79 Å². The number of hydrogen-bond acceptors (Lipinski definition) is 5. The van der Waals surface area contributed by atoms with E-state index in [1.165, 1.54) is 16.4 Å². The molecule has 4 rings (SSSR count). The van der Waals surface area contributed by atoms with Gasteiger partial charge in [0.05, 0.1) is 24.2 Å². The summed E-state index contributed by atoms with van der Waals surface area (Å²) in [4.78, 5) is 12.6. The zero-order valence-electron chi connectivity index (χ0n) is 19.0. The molecule has 1 aliphatic rings. The van der Waals surface area contributed by atoms with Crippen molar-refractivity contribution in [2.75, 3.05) is 32.9 Å². The lowest BCUT2D eigenvalue weighted by Gasteiger charge is -2.26. The quantitative estimate of drug-likeness (QED) is 0.532. The first-order valence-electron chi connectivity index (χ1n) is 11.2. The topological polar surface area (TPSA) is 84.9 Å². The molecule has 0 spiro atoms. The van der Waals surface area contributed by atoms with E-state index in [-0.39, 0.29) is 23.5 Å². The van der Waals surface area contributed by atoms with Gasteiger partial charge in [0.1, 0.15) is 5.75 Å². The van der Waals surface area contributed by atoms with Crippen LogP contribution in [0, 0.1) is 0 Å². The molecule has 0 saturated carbocycles. The molecule has 1 aliphatic heterocycles. The molecule has 1 atom stereocenters. The molecule has 0 bridgehead atoms. The van der Waals surface area contributed by atoms with Crippen LogP contribution in [0.5, 0.6) is 5.75 Å². The Hall–Kier alpha value is -3.20. The van der Waals surface area contributed by atoms with E-state index in [2.05, 4.69) is 17.4 Å². The van der Waals surface area contributed by atoms with Gasteiger partial charge in [0.2, 0.25) is 10.0 Å². The summed E-state index contributed by atoms with van der Waals surface area (Å²) in [6.45, 7) is 3.22. The van der Waals surface area contributed by atoms with Crippen molar-refractivity contribution in [3.8, 4) is 16.9 Å². The zero-order valence-corrected chi connectivity index (χ0v) is 19.8. The number of amides is 1. The number of benzene rings is 3. The second-order valence-corrected chi connectivity index (χ2v) is 9.99. The summed E-state index contributed by atoms with van der Waals surface area (Å²) in [6.07, 6.45) is 0. The number of carbonyl (C=O) groups is 1. The monoisotopic (exact) mass is 480 g/mol. The van der Waals surface area contributed by atoms with Crippen molar-refractivity contribution >= 4 is 15.9 Å². The Morgan fingerprint density at radius 2 is 1.56 bits per heavy atom. The van der Waals surface area contributed by atoms with Gasteiger partial charge in [0.15, 0.2) is 6.61 Å². The third kappa shape index (κ3) is 5.83. The van der Waals surface area contributed by atoms with Crippen LogP contribution in [0.3, 0.4) is 0 Å². The molecule has 3 aromatic carbocycles. The summed E-state index contributed by atoms with van der Waals surface area (Å²) in [5.74, 6) is 0.167. The van der Waals surface area contributed by atoms with E-state index in [1.54, 1.807) is 12.1 Å². The molecule has 7 nitrogen and oxygen atoms in total. The third-order valence-corrected chi connectivity index (χ3v) is 7.61. The van der Waals surface area contributed by atoms with Crippen molar-refractivity contribution < 1.29 is 22.7 Å². The number of morpholine rings is 1. The van der Waals surface area contributed by atoms with Crippen LogP contribution in [0.25, 0.3) is 11.1 Å². The van der Waals surface area contributed by atoms with Crippen LogP contribution in [0.2, 0.25) is 0 Å². The predicted octanol–water partition coefficient (Wildman–Crippen LogP) is 3.63. The normalized spacial score (nSPS) is 15.4. The van der Waals surface area contributed by atoms with Gasteiger partial charge in [0.25, 0.3) is 5.91 Å². The Morgan fingerprint density at radius 3 is 2.21 bits per heavy atom. The minimum absolute atomic E-state index is 0.165. The van der Waals surface area contributed by atoms with Gasteiger partial charge in [-0.1, -0.05) is 54.6 Å². The van der Waals surface area contributed by atoms with Gasteiger partial charge in [0, 0.05) is 13.1 Å². The first kappa shape index (κ1) is 23.9. The van der Waals surface area contributed by atoms with E-state index < -0.39 is 10.0 Å². The molecule has 1 heterocycles. The van der Waals surface area contributed by atoms with E-state index in [4.69, 9.17) is 9.47 Å². The highest BCUT2D eigenvalue weighted by atomic mass is 32.2. The number of sulfonamides is 1. The maximum absolute atomic E-state index is 12.7. The standard InChI is InChI=1S/C26H28N2O5S/c1-20(21-7-9-23(10-8-21)22-5-3-2-4-6-22)27-26(29)19-33-24-11-13-25(14-12-24)34(30,31)28-15-17-32-18-16-28/h2-14,20H,15-19H2,1H3,(H,27,29)/t20-/m0/s1. The van der Waals surface area contributed by atoms with E-state index in [0.717, 1.165) is 16.7 Å². The molecular weight excluding hydrogens is 452 g/mol. The molecule has 34 heavy (non-hydrogen) atoms. The highest BCUT2D eigenvalue weighted by molar-refractivity contribution is 7.89. The summed E-state index contributed by atoms with van der Waals surface area (Å²) < 4.78 is 37.6. The average Bonchev–Trinajstić information content (AvgIpc) is 2.89. The molecule has 3 aromatic rings. The maximum Gasteiger partial charge on any atom is 0.258 e. The summed E-state index contributed by atoms with van der Waals surface area (Å²) >= 11 is 0. The van der Waals surface area contributed by atoms with Gasteiger partial charge in [-0.05, 0) is 47.9 Å². The lowest BCUT2D eigenvalue weighted by atomic mass is 10.0. The minimum atomic E-state index is -3.56. The van der Waals surface area contributed by atoms with Crippen molar-refractivity contribution in [3.63, 3.8) is 0 Å². The molecule has 1 saturated heterocycles. The van der Waals surface area contributed by atoms with Crippen molar-refractivity contribution in [1.82, 2.24) is 9.62 Å². The van der Waals surface area contributed by atoms with Crippen molar-refractivity contribution in [3.05, 3.63) is 84.4 Å². The molecule has 0 radical (unpaired) electrons. The zero-order chi connectivity index (χ0) is 24.0. The van der Waals surface area contributed by atoms with Crippen molar-refractivity contribution in [1.29, 1.82) is 0 Å². The number of nitrogens with one attached hydrogen (secondary N) is 1. The molecular formula is C26H28N2O5S. The molecule has 1 amide bonds. The molecule has 1 N–H and O–H groups in total. The van der Waals surface area contributed by atoms with E-state index >= 15 is 0 Å². The second kappa shape index (κ2) is 10.8. The Kier molecular flexibility index (Phi) is 7.62. The fourth-order valence-corrected chi connectivity index (χ4v) is 5.16. The van der Waals surface area contributed by atoms with E-state index in [1.807, 2.05) is 49.4 Å². The minimum Gasteiger partial charge on any atom is -0.484 e. The highest BCUT2D eigenvalue weighted by Crippen LogP contribution is 2.22. The van der Waals surface area contributed by atoms with Crippen LogP contribution in [0.15, 0.2) is 83.8 Å². The average molecular weight is 481 g/mol. The Labute approximate surface area is 200 Å². The summed E-state index contributed by atoms with van der Waals surface area (Å²) in [5.41, 5.74) is 3.25. The van der Waals surface area contributed by atoms with Crippen LogP contribution in [-0.4, -0.2) is 51.5 Å².